The summed E-state index contributed by atoms with van der Waals surface area (Å²) in [5, 5.41) is 4.53. The molecular formula is C22H24ClN3O3S. The Morgan fingerprint density at radius 1 is 1.13 bits per heavy atom. The van der Waals surface area contributed by atoms with Gasteiger partial charge in [0.25, 0.3) is 0 Å². The molecule has 1 atom stereocenters. The molecule has 30 heavy (non-hydrogen) atoms. The summed E-state index contributed by atoms with van der Waals surface area (Å²) < 4.78 is 33.5. The number of nitrogens with zero attached hydrogens (tertiary/aromatic N) is 3. The Hall–Kier alpha value is -2.22. The molecule has 1 fully saturated rings. The van der Waals surface area contributed by atoms with E-state index in [0.717, 1.165) is 41.8 Å². The standard InChI is InChI=1S/C22H24ClN3O3S/c1-14-11-18(12-17-6-8-19(23)9-7-17)13-20(24-14)21-5-4-10-26(21)30(27,28)22-15(2)25-29-16(22)3/h6-9,11,13,21H,4-5,10,12H2,1-3H3. The topological polar surface area (TPSA) is 76.3 Å². The van der Waals surface area contributed by atoms with Gasteiger partial charge in [-0.15, -0.1) is 0 Å². The van der Waals surface area contributed by atoms with Gasteiger partial charge >= 0.3 is 0 Å². The van der Waals surface area contributed by atoms with Gasteiger partial charge in [-0.1, -0.05) is 28.9 Å². The van der Waals surface area contributed by atoms with E-state index >= 15 is 0 Å². The fourth-order valence-corrected chi connectivity index (χ4v) is 6.25. The van der Waals surface area contributed by atoms with Gasteiger partial charge in [0, 0.05) is 17.3 Å². The molecule has 6 nitrogen and oxygen atoms in total. The van der Waals surface area contributed by atoms with Gasteiger partial charge in [-0.25, -0.2) is 8.42 Å². The zero-order chi connectivity index (χ0) is 21.5. The Balaban J connectivity index is 1.67. The van der Waals surface area contributed by atoms with Crippen molar-refractivity contribution in [3.8, 4) is 0 Å². The van der Waals surface area contributed by atoms with Crippen molar-refractivity contribution in [2.24, 2.45) is 0 Å². The van der Waals surface area contributed by atoms with Gasteiger partial charge in [0.1, 0.15) is 10.6 Å². The van der Waals surface area contributed by atoms with Crippen molar-refractivity contribution in [3.63, 3.8) is 0 Å². The third kappa shape index (κ3) is 4.02. The summed E-state index contributed by atoms with van der Waals surface area (Å²) in [4.78, 5) is 4.87. The van der Waals surface area contributed by atoms with E-state index < -0.39 is 10.0 Å². The average molecular weight is 446 g/mol. The van der Waals surface area contributed by atoms with Gasteiger partial charge < -0.3 is 4.52 Å². The minimum atomic E-state index is -3.72. The number of aromatic nitrogens is 2. The third-order valence-corrected chi connectivity index (χ3v) is 7.84. The molecule has 3 heterocycles. The van der Waals surface area contributed by atoms with Crippen LogP contribution in [0.5, 0.6) is 0 Å². The van der Waals surface area contributed by atoms with Crippen molar-refractivity contribution in [1.82, 2.24) is 14.4 Å². The van der Waals surface area contributed by atoms with Crippen LogP contribution in [0.1, 0.15) is 52.9 Å². The van der Waals surface area contributed by atoms with Crippen molar-refractivity contribution < 1.29 is 12.9 Å². The lowest BCUT2D eigenvalue weighted by atomic mass is 10.0. The maximum Gasteiger partial charge on any atom is 0.249 e. The number of sulfonamides is 1. The zero-order valence-electron chi connectivity index (χ0n) is 17.2. The molecular weight excluding hydrogens is 422 g/mol. The van der Waals surface area contributed by atoms with Crippen molar-refractivity contribution in [3.05, 3.63) is 75.4 Å². The largest absolute Gasteiger partial charge is 0.360 e. The summed E-state index contributed by atoms with van der Waals surface area (Å²) in [5.74, 6) is 0.318. The summed E-state index contributed by atoms with van der Waals surface area (Å²) in [6.07, 6.45) is 2.26. The highest BCUT2D eigenvalue weighted by molar-refractivity contribution is 7.89. The minimum absolute atomic E-state index is 0.170. The summed E-state index contributed by atoms with van der Waals surface area (Å²) in [6, 6.07) is 11.5. The smallest absolute Gasteiger partial charge is 0.249 e. The van der Waals surface area contributed by atoms with Crippen molar-refractivity contribution in [1.29, 1.82) is 0 Å². The van der Waals surface area contributed by atoms with Gasteiger partial charge in [-0.3, -0.25) is 4.98 Å². The first-order chi connectivity index (χ1) is 14.3. The predicted molar refractivity (Wildman–Crippen MR) is 115 cm³/mol. The van der Waals surface area contributed by atoms with E-state index in [0.29, 0.717) is 23.0 Å². The summed E-state index contributed by atoms with van der Waals surface area (Å²) >= 11 is 5.99. The number of hydrogen-bond donors (Lipinski definition) is 0. The first-order valence-corrected chi connectivity index (χ1v) is 11.7. The molecule has 8 heteroatoms. The van der Waals surface area contributed by atoms with E-state index in [4.69, 9.17) is 21.1 Å². The van der Waals surface area contributed by atoms with Crippen LogP contribution < -0.4 is 0 Å². The lowest BCUT2D eigenvalue weighted by Crippen LogP contribution is -2.32. The lowest BCUT2D eigenvalue weighted by molar-refractivity contribution is 0.381. The molecule has 1 aromatic carbocycles. The van der Waals surface area contributed by atoms with Gasteiger partial charge in [0.15, 0.2) is 5.76 Å². The van der Waals surface area contributed by atoms with Crippen LogP contribution in [0.2, 0.25) is 5.02 Å². The summed E-state index contributed by atoms with van der Waals surface area (Å²) in [5.41, 5.74) is 4.28. The number of halogens is 1. The second-order valence-electron chi connectivity index (χ2n) is 7.77. The van der Waals surface area contributed by atoms with Crippen LogP contribution in [0.25, 0.3) is 0 Å². The molecule has 0 aliphatic carbocycles. The summed E-state index contributed by atoms with van der Waals surface area (Å²) in [6.45, 7) is 5.69. The molecule has 0 N–H and O–H groups in total. The highest BCUT2D eigenvalue weighted by Gasteiger charge is 2.40. The van der Waals surface area contributed by atoms with E-state index in [-0.39, 0.29) is 10.9 Å². The van der Waals surface area contributed by atoms with Crippen LogP contribution >= 0.6 is 11.6 Å². The normalized spacial score (nSPS) is 17.5. The third-order valence-electron chi connectivity index (χ3n) is 5.43. The molecule has 0 saturated carbocycles. The van der Waals surface area contributed by atoms with Crippen LogP contribution in [0, 0.1) is 20.8 Å². The number of benzene rings is 1. The first-order valence-electron chi connectivity index (χ1n) is 9.92. The Kier molecular flexibility index (Phi) is 5.70. The molecule has 1 aliphatic heterocycles. The van der Waals surface area contributed by atoms with Crippen LogP contribution in [-0.2, 0) is 16.4 Å². The molecule has 1 aliphatic rings. The molecule has 0 spiro atoms. The Morgan fingerprint density at radius 3 is 2.53 bits per heavy atom. The molecule has 4 rings (SSSR count). The second kappa shape index (κ2) is 8.13. The molecule has 0 bridgehead atoms. The quantitative estimate of drug-likeness (QED) is 0.565. The van der Waals surface area contributed by atoms with Crippen LogP contribution in [0.15, 0.2) is 45.8 Å². The molecule has 0 amide bonds. The molecule has 2 aromatic heterocycles. The van der Waals surface area contributed by atoms with Crippen molar-refractivity contribution >= 4 is 21.6 Å². The Bertz CT molecular complexity index is 1150. The highest BCUT2D eigenvalue weighted by Crippen LogP contribution is 2.37. The zero-order valence-corrected chi connectivity index (χ0v) is 18.8. The number of hydrogen-bond acceptors (Lipinski definition) is 5. The lowest BCUT2D eigenvalue weighted by Gasteiger charge is -2.24. The van der Waals surface area contributed by atoms with E-state index in [1.54, 1.807) is 18.2 Å². The molecule has 3 aromatic rings. The van der Waals surface area contributed by atoms with E-state index in [2.05, 4.69) is 5.16 Å². The van der Waals surface area contributed by atoms with E-state index in [1.807, 2.05) is 43.3 Å². The van der Waals surface area contributed by atoms with E-state index in [9.17, 15) is 8.42 Å². The van der Waals surface area contributed by atoms with Crippen LogP contribution in [0.4, 0.5) is 0 Å². The van der Waals surface area contributed by atoms with Crippen LogP contribution in [0.3, 0.4) is 0 Å². The fourth-order valence-electron chi connectivity index (χ4n) is 4.16. The highest BCUT2D eigenvalue weighted by atomic mass is 35.5. The number of pyridine rings is 1. The van der Waals surface area contributed by atoms with Crippen molar-refractivity contribution in [2.45, 2.75) is 51.0 Å². The second-order valence-corrected chi connectivity index (χ2v) is 10.0. The molecule has 1 saturated heterocycles. The predicted octanol–water partition coefficient (Wildman–Crippen LogP) is 4.76. The van der Waals surface area contributed by atoms with E-state index in [1.165, 1.54) is 0 Å². The SMILES string of the molecule is Cc1cc(Cc2ccc(Cl)cc2)cc(C2CCCN2S(=O)(=O)c2c(C)noc2C)n1. The fraction of sp³-hybridized carbons (Fsp3) is 0.364. The van der Waals surface area contributed by atoms with Crippen molar-refractivity contribution in [2.75, 3.05) is 6.54 Å². The monoisotopic (exact) mass is 445 g/mol. The maximum absolute atomic E-state index is 13.4. The minimum Gasteiger partial charge on any atom is -0.360 e. The van der Waals surface area contributed by atoms with Gasteiger partial charge in [0.2, 0.25) is 10.0 Å². The van der Waals surface area contributed by atoms with Crippen LogP contribution in [-0.4, -0.2) is 29.4 Å². The van der Waals surface area contributed by atoms with Gasteiger partial charge in [0.05, 0.1) is 11.7 Å². The number of rotatable bonds is 5. The van der Waals surface area contributed by atoms with Gasteiger partial charge in [-0.05, 0) is 75.4 Å². The maximum atomic E-state index is 13.4. The molecule has 158 valence electrons. The molecule has 0 radical (unpaired) electrons. The summed E-state index contributed by atoms with van der Waals surface area (Å²) in [7, 11) is -3.72. The number of aryl methyl sites for hydroxylation is 3. The Morgan fingerprint density at radius 2 is 1.87 bits per heavy atom. The van der Waals surface area contributed by atoms with Gasteiger partial charge in [-0.2, -0.15) is 4.31 Å². The molecule has 1 unspecified atom stereocenters. The first kappa shape index (κ1) is 21.0. The Labute approximate surface area is 181 Å². The average Bonchev–Trinajstić information content (AvgIpc) is 3.31.